The Morgan fingerprint density at radius 3 is 2.33 bits per heavy atom. The van der Waals surface area contributed by atoms with Crippen molar-refractivity contribution in [1.29, 1.82) is 0 Å². The number of rotatable bonds is 15. The number of hydrogen-bond acceptors (Lipinski definition) is 7. The number of nitrogens with two attached hydrogens (primary N) is 3. The van der Waals surface area contributed by atoms with Gasteiger partial charge >= 0.3 is 11.9 Å². The smallest absolute Gasteiger partial charge is 0.326 e. The zero-order chi connectivity index (χ0) is 28.9. The molecule has 4 atom stereocenters. The van der Waals surface area contributed by atoms with Crippen LogP contribution in [-0.2, 0) is 30.4 Å². The van der Waals surface area contributed by atoms with E-state index in [9.17, 15) is 29.1 Å². The number of carboxylic acid groups (broad SMARTS) is 2. The Morgan fingerprint density at radius 2 is 1.72 bits per heavy atom. The molecular weight excluding hydrogens is 510 g/mol. The summed E-state index contributed by atoms with van der Waals surface area (Å²) in [4.78, 5) is 67.1. The third-order valence-corrected chi connectivity index (χ3v) is 6.29. The number of benzene rings is 1. The molecule has 2 rings (SSSR count). The second-order valence-corrected chi connectivity index (χ2v) is 9.33. The number of nitrogens with zero attached hydrogens (tertiary/aromatic N) is 2. The van der Waals surface area contributed by atoms with E-state index in [-0.39, 0.29) is 38.2 Å². The third-order valence-electron chi connectivity index (χ3n) is 6.29. The summed E-state index contributed by atoms with van der Waals surface area (Å²) in [6, 6.07) is 4.80. The van der Waals surface area contributed by atoms with Gasteiger partial charge in [-0.25, -0.2) is 4.79 Å². The Bertz CT molecular complexity index is 1050. The van der Waals surface area contributed by atoms with Crippen LogP contribution < -0.4 is 27.8 Å². The molecule has 1 fully saturated rings. The Labute approximate surface area is 226 Å². The van der Waals surface area contributed by atoms with Gasteiger partial charge in [0.2, 0.25) is 17.7 Å². The minimum atomic E-state index is -1.33. The first kappa shape index (κ1) is 31.0. The molecule has 1 aromatic carbocycles. The molecule has 214 valence electrons. The van der Waals surface area contributed by atoms with Gasteiger partial charge in [0.1, 0.15) is 18.1 Å². The van der Waals surface area contributed by atoms with Crippen molar-refractivity contribution >= 4 is 35.6 Å². The van der Waals surface area contributed by atoms with E-state index in [2.05, 4.69) is 15.6 Å². The van der Waals surface area contributed by atoms with Crippen LogP contribution in [0.3, 0.4) is 0 Å². The van der Waals surface area contributed by atoms with E-state index < -0.39 is 60.2 Å². The molecule has 1 aliphatic heterocycles. The molecule has 39 heavy (non-hydrogen) atoms. The van der Waals surface area contributed by atoms with Crippen molar-refractivity contribution in [2.24, 2.45) is 22.2 Å². The van der Waals surface area contributed by atoms with Crippen molar-refractivity contribution < 1.29 is 34.2 Å². The molecule has 0 radical (unpaired) electrons. The molecule has 4 unspecified atom stereocenters. The van der Waals surface area contributed by atoms with Gasteiger partial charge in [0, 0.05) is 19.5 Å². The van der Waals surface area contributed by atoms with Crippen LogP contribution in [0.15, 0.2) is 35.3 Å². The normalized spacial score (nSPS) is 16.9. The topological polar surface area (TPSA) is 244 Å². The van der Waals surface area contributed by atoms with Crippen LogP contribution in [0.25, 0.3) is 0 Å². The lowest BCUT2D eigenvalue weighted by Gasteiger charge is -2.28. The summed E-state index contributed by atoms with van der Waals surface area (Å²) in [6.45, 7) is 0.460. The van der Waals surface area contributed by atoms with Crippen LogP contribution in [-0.4, -0.2) is 88.0 Å². The van der Waals surface area contributed by atoms with Crippen molar-refractivity contribution in [3.63, 3.8) is 0 Å². The molecule has 0 aromatic heterocycles. The maximum absolute atomic E-state index is 13.2. The van der Waals surface area contributed by atoms with Gasteiger partial charge in [-0.15, -0.1) is 0 Å². The van der Waals surface area contributed by atoms with Crippen molar-refractivity contribution in [2.45, 2.75) is 69.1 Å². The summed E-state index contributed by atoms with van der Waals surface area (Å²) < 4.78 is 0. The van der Waals surface area contributed by atoms with E-state index in [0.29, 0.717) is 19.4 Å². The van der Waals surface area contributed by atoms with Gasteiger partial charge in [-0.05, 0) is 44.1 Å². The first-order valence-corrected chi connectivity index (χ1v) is 12.7. The molecular formula is C25H37N7O7. The standard InChI is InChI=1S/C25H37N7O7/c26-16(14-15-6-2-1-3-7-15)23(37)32-13-5-9-19(32)22(36)30-17(10-11-20(33)34)21(35)31-18(24(38)39)8-4-12-29-25(27)28/h1-3,6-7,16-19H,4-5,8-14,26H2,(H,30,36)(H,31,35)(H,33,34)(H,38,39)(H4,27,28,29). The summed E-state index contributed by atoms with van der Waals surface area (Å²) in [5, 5.41) is 23.5. The number of aliphatic imine (C=N–C) groups is 1. The molecule has 0 spiro atoms. The van der Waals surface area contributed by atoms with Gasteiger partial charge in [-0.2, -0.15) is 0 Å². The van der Waals surface area contributed by atoms with Crippen LogP contribution in [0.4, 0.5) is 0 Å². The van der Waals surface area contributed by atoms with Crippen LogP contribution in [0.5, 0.6) is 0 Å². The molecule has 0 bridgehead atoms. The van der Waals surface area contributed by atoms with Crippen molar-refractivity contribution in [1.82, 2.24) is 15.5 Å². The highest BCUT2D eigenvalue weighted by Gasteiger charge is 2.38. The summed E-state index contributed by atoms with van der Waals surface area (Å²) in [7, 11) is 0. The van der Waals surface area contributed by atoms with Gasteiger partial charge in [0.15, 0.2) is 5.96 Å². The molecule has 0 aliphatic carbocycles. The predicted molar refractivity (Wildman–Crippen MR) is 141 cm³/mol. The van der Waals surface area contributed by atoms with Gasteiger partial charge in [-0.3, -0.25) is 24.2 Å². The summed E-state index contributed by atoms with van der Waals surface area (Å²) >= 11 is 0. The fourth-order valence-electron chi connectivity index (χ4n) is 4.31. The number of amides is 3. The summed E-state index contributed by atoms with van der Waals surface area (Å²) in [5.74, 6) is -4.55. The maximum atomic E-state index is 13.2. The zero-order valence-corrected chi connectivity index (χ0v) is 21.6. The van der Waals surface area contributed by atoms with E-state index >= 15 is 0 Å². The lowest BCUT2D eigenvalue weighted by atomic mass is 10.0. The average molecular weight is 548 g/mol. The number of carboxylic acids is 2. The summed E-state index contributed by atoms with van der Waals surface area (Å²) in [5.41, 5.74) is 17.5. The van der Waals surface area contributed by atoms with Crippen LogP contribution in [0.2, 0.25) is 0 Å². The molecule has 14 heteroatoms. The number of aliphatic carboxylic acids is 2. The van der Waals surface area contributed by atoms with Crippen LogP contribution in [0, 0.1) is 0 Å². The molecule has 14 nitrogen and oxygen atoms in total. The Kier molecular flexibility index (Phi) is 12.1. The quantitative estimate of drug-likeness (QED) is 0.0762. The minimum Gasteiger partial charge on any atom is -0.481 e. The number of nitrogens with one attached hydrogen (secondary N) is 2. The first-order chi connectivity index (χ1) is 18.5. The predicted octanol–water partition coefficient (Wildman–Crippen LogP) is -1.48. The van der Waals surface area contributed by atoms with Crippen LogP contribution in [0.1, 0.15) is 44.1 Å². The van der Waals surface area contributed by atoms with E-state index in [1.165, 1.54) is 4.90 Å². The average Bonchev–Trinajstić information content (AvgIpc) is 3.38. The third kappa shape index (κ3) is 10.2. The van der Waals surface area contributed by atoms with Gasteiger partial charge in [-0.1, -0.05) is 30.3 Å². The van der Waals surface area contributed by atoms with Gasteiger partial charge in [0.25, 0.3) is 0 Å². The molecule has 1 aromatic rings. The second-order valence-electron chi connectivity index (χ2n) is 9.33. The highest BCUT2D eigenvalue weighted by Crippen LogP contribution is 2.20. The van der Waals surface area contributed by atoms with Crippen LogP contribution >= 0.6 is 0 Å². The number of carbonyl (C=O) groups is 5. The lowest BCUT2D eigenvalue weighted by molar-refractivity contribution is -0.144. The SMILES string of the molecule is NC(N)=NCCCC(NC(=O)C(CCC(=O)O)NC(=O)C1CCCN1C(=O)C(N)Cc1ccccc1)C(=O)O. The largest absolute Gasteiger partial charge is 0.481 e. The number of likely N-dealkylation sites (tertiary alicyclic amines) is 1. The number of guanidine groups is 1. The van der Waals surface area contributed by atoms with Gasteiger partial charge in [0.05, 0.1) is 6.04 Å². The second kappa shape index (κ2) is 15.3. The fraction of sp³-hybridized carbons (Fsp3) is 0.520. The van der Waals surface area contributed by atoms with Crippen molar-refractivity contribution in [3.05, 3.63) is 35.9 Å². The Hall–Kier alpha value is -4.20. The Morgan fingerprint density at radius 1 is 1.03 bits per heavy atom. The van der Waals surface area contributed by atoms with E-state index in [1.807, 2.05) is 30.3 Å². The highest BCUT2D eigenvalue weighted by molar-refractivity contribution is 5.94. The number of hydrogen-bond donors (Lipinski definition) is 7. The Balaban J connectivity index is 2.07. The molecule has 1 saturated heterocycles. The molecule has 3 amide bonds. The van der Waals surface area contributed by atoms with E-state index in [1.54, 1.807) is 0 Å². The van der Waals surface area contributed by atoms with E-state index in [4.69, 9.17) is 22.3 Å². The van der Waals surface area contributed by atoms with Crippen molar-refractivity contribution in [2.75, 3.05) is 13.1 Å². The maximum Gasteiger partial charge on any atom is 0.326 e. The molecule has 0 saturated carbocycles. The highest BCUT2D eigenvalue weighted by atomic mass is 16.4. The first-order valence-electron chi connectivity index (χ1n) is 12.7. The lowest BCUT2D eigenvalue weighted by Crippen LogP contribution is -2.56. The molecule has 1 heterocycles. The van der Waals surface area contributed by atoms with E-state index in [0.717, 1.165) is 5.56 Å². The number of carbonyl (C=O) groups excluding carboxylic acids is 3. The monoisotopic (exact) mass is 547 g/mol. The zero-order valence-electron chi connectivity index (χ0n) is 21.6. The molecule has 10 N–H and O–H groups in total. The van der Waals surface area contributed by atoms with Gasteiger partial charge < -0.3 is 42.9 Å². The fourth-order valence-corrected chi connectivity index (χ4v) is 4.31. The summed E-state index contributed by atoms with van der Waals surface area (Å²) in [6.07, 6.45) is 0.701. The minimum absolute atomic E-state index is 0.00164. The molecule has 1 aliphatic rings. The van der Waals surface area contributed by atoms with Crippen molar-refractivity contribution in [3.8, 4) is 0 Å².